The van der Waals surface area contributed by atoms with Crippen LogP contribution in [0.1, 0.15) is 20.3 Å². The lowest BCUT2D eigenvalue weighted by Crippen LogP contribution is -2.23. The summed E-state index contributed by atoms with van der Waals surface area (Å²) in [6, 6.07) is 0. The maximum Gasteiger partial charge on any atom is 0.272 e. The maximum atomic E-state index is 11.7. The zero-order valence-electron chi connectivity index (χ0n) is 10.5. The molecular formula is C12H17N3O3. The molecule has 0 bridgehead atoms. The van der Waals surface area contributed by atoms with E-state index in [1.165, 1.54) is 0 Å². The van der Waals surface area contributed by atoms with Crippen LogP contribution in [0.25, 0.3) is 0 Å². The molecule has 6 nitrogen and oxygen atoms in total. The number of amides is 1. The first-order chi connectivity index (χ1) is 8.60. The van der Waals surface area contributed by atoms with Gasteiger partial charge in [-0.2, -0.15) is 0 Å². The van der Waals surface area contributed by atoms with Crippen molar-refractivity contribution in [3.63, 3.8) is 0 Å². The lowest BCUT2D eigenvalue weighted by atomic mass is 10.2. The van der Waals surface area contributed by atoms with E-state index in [4.69, 9.17) is 0 Å². The number of carbonyl (C=O) groups is 1. The summed E-state index contributed by atoms with van der Waals surface area (Å²) < 4.78 is 0. The number of nitro groups is 1. The maximum absolute atomic E-state index is 11.7. The van der Waals surface area contributed by atoms with Crippen LogP contribution in [0.15, 0.2) is 35.2 Å². The van der Waals surface area contributed by atoms with Gasteiger partial charge in [-0.15, -0.1) is 0 Å². The Bertz CT molecular complexity index is 436. The van der Waals surface area contributed by atoms with Crippen molar-refractivity contribution in [1.82, 2.24) is 10.6 Å². The average Bonchev–Trinajstić information content (AvgIpc) is 2.52. The van der Waals surface area contributed by atoms with Crippen molar-refractivity contribution in [1.29, 1.82) is 0 Å². The summed E-state index contributed by atoms with van der Waals surface area (Å²) >= 11 is 0. The summed E-state index contributed by atoms with van der Waals surface area (Å²) in [6.45, 7) is 4.80. The number of rotatable bonds is 5. The fourth-order valence-corrected chi connectivity index (χ4v) is 1.61. The van der Waals surface area contributed by atoms with E-state index in [2.05, 4.69) is 10.6 Å². The number of hydrogen-bond acceptors (Lipinski definition) is 4. The summed E-state index contributed by atoms with van der Waals surface area (Å²) in [5.41, 5.74) is 0.981. The Balaban J connectivity index is 2.96. The molecule has 0 aromatic carbocycles. The second-order valence-corrected chi connectivity index (χ2v) is 3.70. The van der Waals surface area contributed by atoms with Crippen LogP contribution >= 0.6 is 0 Å². The fraction of sp³-hybridized carbons (Fsp3) is 0.417. The normalized spacial score (nSPS) is 14.9. The van der Waals surface area contributed by atoms with Crippen LogP contribution in [-0.4, -0.2) is 23.9 Å². The van der Waals surface area contributed by atoms with Crippen molar-refractivity contribution < 1.29 is 9.72 Å². The molecule has 0 aromatic rings. The Kier molecular flexibility index (Phi) is 5.10. The van der Waals surface area contributed by atoms with Crippen LogP contribution in [0.4, 0.5) is 0 Å². The van der Waals surface area contributed by atoms with Gasteiger partial charge in [0.05, 0.1) is 11.3 Å². The topological polar surface area (TPSA) is 84.3 Å². The molecule has 1 rings (SSSR count). The highest BCUT2D eigenvalue weighted by atomic mass is 16.6. The van der Waals surface area contributed by atoms with Crippen molar-refractivity contribution in [2.45, 2.75) is 20.3 Å². The Morgan fingerprint density at radius 3 is 2.67 bits per heavy atom. The van der Waals surface area contributed by atoms with E-state index in [0.717, 1.165) is 0 Å². The number of likely N-dealkylation sites (N-methyl/N-ethyl adjacent to an activating group) is 2. The van der Waals surface area contributed by atoms with Crippen LogP contribution in [-0.2, 0) is 4.79 Å². The third kappa shape index (κ3) is 3.44. The molecule has 0 heterocycles. The van der Waals surface area contributed by atoms with Crippen LogP contribution < -0.4 is 10.6 Å². The van der Waals surface area contributed by atoms with Gasteiger partial charge in [0.15, 0.2) is 0 Å². The van der Waals surface area contributed by atoms with E-state index in [1.54, 1.807) is 18.2 Å². The van der Waals surface area contributed by atoms with E-state index in [0.29, 0.717) is 24.4 Å². The van der Waals surface area contributed by atoms with E-state index in [-0.39, 0.29) is 18.0 Å². The first-order valence-electron chi connectivity index (χ1n) is 5.88. The molecule has 1 amide bonds. The molecule has 0 spiro atoms. The molecule has 0 saturated heterocycles. The van der Waals surface area contributed by atoms with Gasteiger partial charge in [0.2, 0.25) is 0 Å². The molecule has 98 valence electrons. The Morgan fingerprint density at radius 1 is 1.39 bits per heavy atom. The largest absolute Gasteiger partial charge is 0.380 e. The molecule has 1 aliphatic rings. The Hall–Kier alpha value is -2.11. The number of nitrogens with zero attached hydrogens (tertiary/aromatic N) is 1. The van der Waals surface area contributed by atoms with Gasteiger partial charge in [0.1, 0.15) is 5.70 Å². The second kappa shape index (κ2) is 6.58. The lowest BCUT2D eigenvalue weighted by molar-refractivity contribution is -0.428. The fourth-order valence-electron chi connectivity index (χ4n) is 1.61. The number of allylic oxidation sites excluding steroid dienone is 2. The van der Waals surface area contributed by atoms with Crippen molar-refractivity contribution in [2.75, 3.05) is 13.1 Å². The molecule has 0 atom stereocenters. The number of hydrogen-bond donors (Lipinski definition) is 2. The minimum Gasteiger partial charge on any atom is -0.380 e. The van der Waals surface area contributed by atoms with Crippen LogP contribution in [0.2, 0.25) is 0 Å². The third-order valence-corrected chi connectivity index (χ3v) is 2.44. The van der Waals surface area contributed by atoms with Gasteiger partial charge in [-0.25, -0.2) is 0 Å². The molecule has 6 heteroatoms. The number of carbonyl (C=O) groups excluding carboxylic acids is 1. The summed E-state index contributed by atoms with van der Waals surface area (Å²) in [5, 5.41) is 16.5. The van der Waals surface area contributed by atoms with Gasteiger partial charge < -0.3 is 10.6 Å². The van der Waals surface area contributed by atoms with Gasteiger partial charge in [0, 0.05) is 18.7 Å². The molecule has 18 heavy (non-hydrogen) atoms. The minimum atomic E-state index is -0.417. The molecule has 0 fully saturated rings. The van der Waals surface area contributed by atoms with Crippen molar-refractivity contribution in [3.05, 3.63) is 45.3 Å². The zero-order chi connectivity index (χ0) is 13.5. The van der Waals surface area contributed by atoms with Crippen molar-refractivity contribution in [3.8, 4) is 0 Å². The van der Waals surface area contributed by atoms with Gasteiger partial charge in [0.25, 0.3) is 11.6 Å². The number of nitrogens with one attached hydrogen (secondary N) is 2. The van der Waals surface area contributed by atoms with Gasteiger partial charge in [-0.1, -0.05) is 6.08 Å². The van der Waals surface area contributed by atoms with E-state index in [1.807, 2.05) is 13.8 Å². The predicted octanol–water partition coefficient (Wildman–Crippen LogP) is 1.11. The molecule has 2 N–H and O–H groups in total. The predicted molar refractivity (Wildman–Crippen MR) is 68.2 cm³/mol. The smallest absolute Gasteiger partial charge is 0.272 e. The van der Waals surface area contributed by atoms with Crippen LogP contribution in [0.3, 0.4) is 0 Å². The average molecular weight is 251 g/mol. The monoisotopic (exact) mass is 251 g/mol. The zero-order valence-corrected chi connectivity index (χ0v) is 10.5. The summed E-state index contributed by atoms with van der Waals surface area (Å²) in [4.78, 5) is 22.2. The molecular weight excluding hydrogens is 234 g/mol. The van der Waals surface area contributed by atoms with E-state index < -0.39 is 4.92 Å². The van der Waals surface area contributed by atoms with Crippen LogP contribution in [0, 0.1) is 10.1 Å². The molecule has 0 aromatic heterocycles. The minimum absolute atomic E-state index is 0.0763. The highest BCUT2D eigenvalue weighted by Gasteiger charge is 2.19. The summed E-state index contributed by atoms with van der Waals surface area (Å²) in [7, 11) is 0. The second-order valence-electron chi connectivity index (χ2n) is 3.70. The molecule has 0 aliphatic heterocycles. The van der Waals surface area contributed by atoms with Crippen LogP contribution in [0.5, 0.6) is 0 Å². The van der Waals surface area contributed by atoms with Gasteiger partial charge >= 0.3 is 0 Å². The van der Waals surface area contributed by atoms with Crippen molar-refractivity contribution >= 4 is 5.91 Å². The van der Waals surface area contributed by atoms with E-state index in [9.17, 15) is 14.9 Å². The molecule has 1 aliphatic carbocycles. The summed E-state index contributed by atoms with van der Waals surface area (Å²) in [5.74, 6) is -0.214. The van der Waals surface area contributed by atoms with Gasteiger partial charge in [-0.3, -0.25) is 14.9 Å². The highest BCUT2D eigenvalue weighted by Crippen LogP contribution is 2.17. The Labute approximate surface area is 106 Å². The van der Waals surface area contributed by atoms with E-state index >= 15 is 0 Å². The Morgan fingerprint density at radius 2 is 2.11 bits per heavy atom. The first-order valence-corrected chi connectivity index (χ1v) is 5.88. The third-order valence-electron chi connectivity index (χ3n) is 2.44. The first kappa shape index (κ1) is 14.0. The quantitative estimate of drug-likeness (QED) is 0.566. The highest BCUT2D eigenvalue weighted by molar-refractivity contribution is 5.96. The standard InChI is InChI=1S/C12H17N3O3/c1-3-13-10-7-5-9(12(16)14-4-2)6-8-11(10)15(17)18/h5-7,13H,3-4,8H2,1-2H3,(H,14,16). The summed E-state index contributed by atoms with van der Waals surface area (Å²) in [6.07, 6.45) is 4.88. The lowest BCUT2D eigenvalue weighted by Gasteiger charge is -2.03. The van der Waals surface area contributed by atoms with Gasteiger partial charge in [-0.05, 0) is 26.0 Å². The van der Waals surface area contributed by atoms with Crippen molar-refractivity contribution in [2.24, 2.45) is 0 Å². The molecule has 0 radical (unpaired) electrons. The molecule has 0 saturated carbocycles. The molecule has 0 unspecified atom stereocenters. The SMILES string of the molecule is CCNC(=O)C1=CCC([N+](=O)[O-])=C(NCC)C=C1.